The predicted molar refractivity (Wildman–Crippen MR) is 96.2 cm³/mol. The number of benzene rings is 1. The van der Waals surface area contributed by atoms with Crippen molar-refractivity contribution in [3.05, 3.63) is 65.1 Å². The molecule has 1 aliphatic heterocycles. The maximum atomic E-state index is 4.08. The highest BCUT2D eigenvalue weighted by molar-refractivity contribution is 5.89. The van der Waals surface area contributed by atoms with Crippen LogP contribution in [0.2, 0.25) is 0 Å². The molecule has 0 spiro atoms. The van der Waals surface area contributed by atoms with Crippen LogP contribution in [0.1, 0.15) is 22.4 Å². The second-order valence-electron chi connectivity index (χ2n) is 6.40. The van der Waals surface area contributed by atoms with Gasteiger partial charge in [-0.25, -0.2) is 0 Å². The number of hydrogen-bond acceptors (Lipinski definition) is 2. The SMILES string of the molecule is Cc1ccc2c(c1)c1c(n2/C=C/c2ccncc2)CCN(C)C1. The topological polar surface area (TPSA) is 21.1 Å². The summed E-state index contributed by atoms with van der Waals surface area (Å²) in [5.41, 5.74) is 6.74. The van der Waals surface area contributed by atoms with Crippen LogP contribution < -0.4 is 0 Å². The molecule has 0 radical (unpaired) electrons. The van der Waals surface area contributed by atoms with Crippen molar-refractivity contribution in [2.75, 3.05) is 13.6 Å². The molecule has 4 rings (SSSR count). The fourth-order valence-electron chi connectivity index (χ4n) is 3.45. The Morgan fingerprint density at radius 2 is 1.96 bits per heavy atom. The fourth-order valence-corrected chi connectivity index (χ4v) is 3.45. The van der Waals surface area contributed by atoms with Crippen LogP contribution in [-0.4, -0.2) is 28.0 Å². The molecule has 1 aromatic carbocycles. The Labute approximate surface area is 136 Å². The van der Waals surface area contributed by atoms with Crippen molar-refractivity contribution in [2.24, 2.45) is 0 Å². The standard InChI is InChI=1S/C20H21N3/c1-15-3-4-19-17(13-15)18-14-22(2)11-8-20(18)23(19)12-7-16-5-9-21-10-6-16/h3-7,9-10,12-13H,8,11,14H2,1-2H3/b12-7+. The molecule has 0 bridgehead atoms. The first-order valence-corrected chi connectivity index (χ1v) is 8.11. The van der Waals surface area contributed by atoms with Gasteiger partial charge < -0.3 is 9.47 Å². The largest absolute Gasteiger partial charge is 0.320 e. The van der Waals surface area contributed by atoms with Crippen molar-refractivity contribution in [1.29, 1.82) is 0 Å². The van der Waals surface area contributed by atoms with E-state index in [0.29, 0.717) is 0 Å². The number of hydrogen-bond donors (Lipinski definition) is 0. The molecular formula is C20H21N3. The van der Waals surface area contributed by atoms with E-state index >= 15 is 0 Å². The lowest BCUT2D eigenvalue weighted by atomic mass is 10.0. The first-order chi connectivity index (χ1) is 11.2. The normalized spacial score (nSPS) is 15.4. The van der Waals surface area contributed by atoms with Gasteiger partial charge in [0.2, 0.25) is 0 Å². The maximum absolute atomic E-state index is 4.08. The first-order valence-electron chi connectivity index (χ1n) is 8.11. The van der Waals surface area contributed by atoms with E-state index in [1.165, 1.54) is 33.3 Å². The first kappa shape index (κ1) is 14.2. The van der Waals surface area contributed by atoms with Crippen LogP contribution in [-0.2, 0) is 13.0 Å². The summed E-state index contributed by atoms with van der Waals surface area (Å²) in [6.45, 7) is 4.32. The van der Waals surface area contributed by atoms with Crippen LogP contribution in [0.25, 0.3) is 23.2 Å². The molecule has 0 atom stereocenters. The number of aromatic nitrogens is 2. The lowest BCUT2D eigenvalue weighted by molar-refractivity contribution is 0.312. The minimum absolute atomic E-state index is 1.03. The van der Waals surface area contributed by atoms with E-state index < -0.39 is 0 Å². The van der Waals surface area contributed by atoms with Gasteiger partial charge in [0.15, 0.2) is 0 Å². The lowest BCUT2D eigenvalue weighted by Gasteiger charge is -2.23. The number of pyridine rings is 1. The molecule has 0 N–H and O–H groups in total. The van der Waals surface area contributed by atoms with E-state index in [2.05, 4.69) is 58.9 Å². The summed E-state index contributed by atoms with van der Waals surface area (Å²) < 4.78 is 2.37. The number of likely N-dealkylation sites (N-methyl/N-ethyl adjacent to an activating group) is 1. The molecule has 3 aromatic rings. The third kappa shape index (κ3) is 2.57. The minimum atomic E-state index is 1.03. The van der Waals surface area contributed by atoms with E-state index in [9.17, 15) is 0 Å². The van der Waals surface area contributed by atoms with Crippen LogP contribution in [0.4, 0.5) is 0 Å². The maximum Gasteiger partial charge on any atom is 0.0528 e. The molecule has 3 heteroatoms. The highest BCUT2D eigenvalue weighted by Crippen LogP contribution is 2.31. The van der Waals surface area contributed by atoms with Crippen LogP contribution >= 0.6 is 0 Å². The summed E-state index contributed by atoms with van der Waals surface area (Å²) in [7, 11) is 2.20. The molecule has 23 heavy (non-hydrogen) atoms. The van der Waals surface area contributed by atoms with E-state index in [-0.39, 0.29) is 0 Å². The Hall–Kier alpha value is -2.39. The van der Waals surface area contributed by atoms with Gasteiger partial charge in [0.05, 0.1) is 5.52 Å². The summed E-state index contributed by atoms with van der Waals surface area (Å²) in [4.78, 5) is 6.49. The number of nitrogens with zero attached hydrogens (tertiary/aromatic N) is 3. The third-order valence-corrected chi connectivity index (χ3v) is 4.66. The second-order valence-corrected chi connectivity index (χ2v) is 6.40. The van der Waals surface area contributed by atoms with Gasteiger partial charge in [0.1, 0.15) is 0 Å². The Balaban J connectivity index is 1.87. The Morgan fingerprint density at radius 3 is 2.78 bits per heavy atom. The quantitative estimate of drug-likeness (QED) is 0.714. The van der Waals surface area contributed by atoms with E-state index in [1.807, 2.05) is 24.5 Å². The lowest BCUT2D eigenvalue weighted by Crippen LogP contribution is -2.26. The number of aryl methyl sites for hydroxylation is 1. The summed E-state index contributed by atoms with van der Waals surface area (Å²) >= 11 is 0. The zero-order chi connectivity index (χ0) is 15.8. The van der Waals surface area contributed by atoms with Crippen molar-refractivity contribution >= 4 is 23.2 Å². The molecule has 0 fully saturated rings. The highest BCUT2D eigenvalue weighted by Gasteiger charge is 2.21. The van der Waals surface area contributed by atoms with Crippen LogP contribution in [0.5, 0.6) is 0 Å². The molecule has 116 valence electrons. The molecule has 3 nitrogen and oxygen atoms in total. The average molecular weight is 303 g/mol. The molecule has 0 saturated heterocycles. The van der Waals surface area contributed by atoms with Crippen LogP contribution in [0.3, 0.4) is 0 Å². The molecule has 0 aliphatic carbocycles. The summed E-state index contributed by atoms with van der Waals surface area (Å²) in [5.74, 6) is 0. The molecule has 2 aromatic heterocycles. The third-order valence-electron chi connectivity index (χ3n) is 4.66. The summed E-state index contributed by atoms with van der Waals surface area (Å²) in [6, 6.07) is 10.8. The van der Waals surface area contributed by atoms with Crippen LogP contribution in [0.15, 0.2) is 42.7 Å². The Kier molecular flexibility index (Phi) is 3.50. The van der Waals surface area contributed by atoms with Gasteiger partial charge in [-0.15, -0.1) is 0 Å². The van der Waals surface area contributed by atoms with Gasteiger partial charge in [0, 0.05) is 49.2 Å². The zero-order valence-corrected chi connectivity index (χ0v) is 13.7. The smallest absolute Gasteiger partial charge is 0.0528 e. The monoisotopic (exact) mass is 303 g/mol. The van der Waals surface area contributed by atoms with Crippen molar-refractivity contribution in [2.45, 2.75) is 19.9 Å². The van der Waals surface area contributed by atoms with Gasteiger partial charge in [-0.2, -0.15) is 0 Å². The molecule has 0 saturated carbocycles. The zero-order valence-electron chi connectivity index (χ0n) is 13.7. The van der Waals surface area contributed by atoms with Crippen molar-refractivity contribution in [1.82, 2.24) is 14.5 Å². The average Bonchev–Trinajstić information content (AvgIpc) is 2.86. The summed E-state index contributed by atoms with van der Waals surface area (Å²) in [6.07, 6.45) is 9.14. The Morgan fingerprint density at radius 1 is 1.13 bits per heavy atom. The fraction of sp³-hybridized carbons (Fsp3) is 0.250. The van der Waals surface area contributed by atoms with Crippen molar-refractivity contribution in [3.8, 4) is 0 Å². The van der Waals surface area contributed by atoms with Crippen molar-refractivity contribution in [3.63, 3.8) is 0 Å². The van der Waals surface area contributed by atoms with E-state index in [0.717, 1.165) is 19.5 Å². The van der Waals surface area contributed by atoms with Crippen LogP contribution in [0, 0.1) is 6.92 Å². The number of rotatable bonds is 2. The van der Waals surface area contributed by atoms with Gasteiger partial charge in [-0.1, -0.05) is 11.6 Å². The molecular weight excluding hydrogens is 282 g/mol. The van der Waals surface area contributed by atoms with E-state index in [1.54, 1.807) is 0 Å². The van der Waals surface area contributed by atoms with Gasteiger partial charge in [-0.05, 0) is 55.4 Å². The van der Waals surface area contributed by atoms with Gasteiger partial charge in [-0.3, -0.25) is 4.98 Å². The molecule has 0 amide bonds. The minimum Gasteiger partial charge on any atom is -0.320 e. The molecule has 3 heterocycles. The van der Waals surface area contributed by atoms with Crippen molar-refractivity contribution < 1.29 is 0 Å². The number of fused-ring (bicyclic) bond motifs is 3. The van der Waals surface area contributed by atoms with E-state index in [4.69, 9.17) is 0 Å². The molecule has 0 unspecified atom stereocenters. The van der Waals surface area contributed by atoms with Gasteiger partial charge >= 0.3 is 0 Å². The predicted octanol–water partition coefficient (Wildman–Crippen LogP) is 3.96. The summed E-state index contributed by atoms with van der Waals surface area (Å²) in [5, 5.41) is 1.39. The van der Waals surface area contributed by atoms with Gasteiger partial charge in [0.25, 0.3) is 0 Å². The Bertz CT molecular complexity index is 875. The molecule has 1 aliphatic rings. The highest BCUT2D eigenvalue weighted by atomic mass is 15.1. The second kappa shape index (κ2) is 5.67.